The van der Waals surface area contributed by atoms with Crippen molar-refractivity contribution in [3.8, 4) is 0 Å². The first-order valence-corrected chi connectivity index (χ1v) is 5.25. The molecule has 0 spiro atoms. The van der Waals surface area contributed by atoms with Gasteiger partial charge in [-0.05, 0) is 12.0 Å². The minimum absolute atomic E-state index is 0. The molecule has 0 fully saturated rings. The van der Waals surface area contributed by atoms with Crippen molar-refractivity contribution in [2.75, 3.05) is 0 Å². The molecule has 1 aromatic carbocycles. The van der Waals surface area contributed by atoms with Crippen molar-refractivity contribution in [1.29, 1.82) is 0 Å². The fourth-order valence-corrected chi connectivity index (χ4v) is 1.96. The second-order valence-corrected chi connectivity index (χ2v) is 4.03. The Morgan fingerprint density at radius 3 is 2.38 bits per heavy atom. The largest absolute Gasteiger partial charge is 1.00 e. The number of hydrogen-bond acceptors (Lipinski definition) is 2. The summed E-state index contributed by atoms with van der Waals surface area (Å²) in [5.41, 5.74) is 0.651. The van der Waals surface area contributed by atoms with Gasteiger partial charge in [-0.2, -0.15) is 0 Å². The summed E-state index contributed by atoms with van der Waals surface area (Å²) in [5.74, 6) is 0. The van der Waals surface area contributed by atoms with E-state index in [4.69, 9.17) is 4.89 Å². The zero-order valence-corrected chi connectivity index (χ0v) is 11.7. The third kappa shape index (κ3) is 3.94. The summed E-state index contributed by atoms with van der Waals surface area (Å²) < 4.78 is 10.8. The van der Waals surface area contributed by atoms with Crippen LogP contribution in [0.4, 0.5) is 0 Å². The standard InChI is InChI=1S/C8H11O3P.K/c1-2-7-5-3-4-6-8(7)12(9,10)11;/h3-6H,2H2,1H3,(H2,9,10,11);/q;+1/p-1. The van der Waals surface area contributed by atoms with Gasteiger partial charge in [0.15, 0.2) is 7.60 Å². The minimum Gasteiger partial charge on any atom is -0.775 e. The van der Waals surface area contributed by atoms with E-state index in [2.05, 4.69) is 0 Å². The van der Waals surface area contributed by atoms with Crippen molar-refractivity contribution >= 4 is 12.9 Å². The molecule has 66 valence electrons. The van der Waals surface area contributed by atoms with Crippen molar-refractivity contribution in [2.45, 2.75) is 13.3 Å². The SMILES string of the molecule is CCc1ccccc1P(=O)([O-])O.[K+]. The first kappa shape index (κ1) is 14.0. The molecule has 0 saturated carbocycles. The zero-order chi connectivity index (χ0) is 9.19. The quantitative estimate of drug-likeness (QED) is 0.443. The second-order valence-electron chi connectivity index (χ2n) is 2.50. The van der Waals surface area contributed by atoms with E-state index in [1.807, 2.05) is 6.92 Å². The molecule has 13 heavy (non-hydrogen) atoms. The van der Waals surface area contributed by atoms with Gasteiger partial charge in [-0.3, -0.25) is 0 Å². The minimum atomic E-state index is -4.32. The molecule has 0 bridgehead atoms. The topological polar surface area (TPSA) is 60.4 Å². The van der Waals surface area contributed by atoms with Crippen LogP contribution in [0.2, 0.25) is 0 Å². The van der Waals surface area contributed by atoms with Gasteiger partial charge >= 0.3 is 51.4 Å². The molecule has 1 aromatic rings. The van der Waals surface area contributed by atoms with Gasteiger partial charge in [-0.1, -0.05) is 31.2 Å². The van der Waals surface area contributed by atoms with E-state index in [-0.39, 0.29) is 56.7 Å². The third-order valence-corrected chi connectivity index (χ3v) is 2.72. The number of hydrogen-bond donors (Lipinski definition) is 1. The average molecular weight is 224 g/mol. The van der Waals surface area contributed by atoms with Crippen LogP contribution in [0.15, 0.2) is 24.3 Å². The summed E-state index contributed by atoms with van der Waals surface area (Å²) in [4.78, 5) is 19.6. The maximum Gasteiger partial charge on any atom is 1.00 e. The molecule has 0 aromatic heterocycles. The van der Waals surface area contributed by atoms with Gasteiger partial charge in [0, 0.05) is 5.30 Å². The van der Waals surface area contributed by atoms with Crippen LogP contribution in [0, 0.1) is 0 Å². The van der Waals surface area contributed by atoms with Crippen LogP contribution < -0.4 is 61.6 Å². The van der Waals surface area contributed by atoms with Gasteiger partial charge in [0.05, 0.1) is 0 Å². The maximum absolute atomic E-state index is 10.8. The molecule has 5 heteroatoms. The first-order valence-electron chi connectivity index (χ1n) is 3.68. The molecular formula is C8H10KO3P. The molecule has 0 radical (unpaired) electrons. The predicted molar refractivity (Wildman–Crippen MR) is 45.3 cm³/mol. The van der Waals surface area contributed by atoms with Crippen LogP contribution >= 0.6 is 7.60 Å². The van der Waals surface area contributed by atoms with E-state index in [1.54, 1.807) is 18.2 Å². The molecule has 0 amide bonds. The number of rotatable bonds is 2. The van der Waals surface area contributed by atoms with E-state index in [0.29, 0.717) is 12.0 Å². The molecule has 1 N–H and O–H groups in total. The average Bonchev–Trinajstić information content (AvgIpc) is 2.03. The molecule has 1 atom stereocenters. The summed E-state index contributed by atoms with van der Waals surface area (Å²) in [5, 5.41) is 0.0347. The molecule has 3 nitrogen and oxygen atoms in total. The fraction of sp³-hybridized carbons (Fsp3) is 0.250. The summed E-state index contributed by atoms with van der Waals surface area (Å²) in [6.07, 6.45) is 0.600. The Hall–Kier alpha value is 1.01. The van der Waals surface area contributed by atoms with Crippen LogP contribution in [0.1, 0.15) is 12.5 Å². The van der Waals surface area contributed by atoms with E-state index >= 15 is 0 Å². The Morgan fingerprint density at radius 2 is 2.00 bits per heavy atom. The van der Waals surface area contributed by atoms with Crippen LogP contribution in [-0.4, -0.2) is 4.89 Å². The van der Waals surface area contributed by atoms with Crippen LogP contribution in [0.25, 0.3) is 0 Å². The van der Waals surface area contributed by atoms with Crippen LogP contribution in [0.5, 0.6) is 0 Å². The Labute approximate surface area is 120 Å². The normalized spacial score (nSPS) is 14.4. The Bertz CT molecular complexity index is 321. The summed E-state index contributed by atoms with van der Waals surface area (Å²) >= 11 is 0. The summed E-state index contributed by atoms with van der Waals surface area (Å²) in [6.45, 7) is 1.84. The van der Waals surface area contributed by atoms with E-state index in [1.165, 1.54) is 6.07 Å². The van der Waals surface area contributed by atoms with Gasteiger partial charge in [0.1, 0.15) is 0 Å². The fourth-order valence-electron chi connectivity index (χ4n) is 1.09. The molecule has 0 saturated heterocycles. The van der Waals surface area contributed by atoms with Crippen molar-refractivity contribution < 1.29 is 65.7 Å². The van der Waals surface area contributed by atoms with Crippen molar-refractivity contribution in [3.63, 3.8) is 0 Å². The molecule has 0 aliphatic carbocycles. The first-order chi connectivity index (χ1) is 5.55. The summed E-state index contributed by atoms with van der Waals surface area (Å²) in [7, 11) is -4.32. The Balaban J connectivity index is 0.00000144. The maximum atomic E-state index is 10.8. The Morgan fingerprint density at radius 1 is 1.46 bits per heavy atom. The van der Waals surface area contributed by atoms with Crippen LogP contribution in [-0.2, 0) is 11.0 Å². The molecule has 0 heterocycles. The third-order valence-electron chi connectivity index (χ3n) is 1.68. The molecule has 0 aliphatic rings. The van der Waals surface area contributed by atoms with Gasteiger partial charge in [-0.25, -0.2) is 0 Å². The number of aryl methyl sites for hydroxylation is 1. The van der Waals surface area contributed by atoms with Crippen molar-refractivity contribution in [2.24, 2.45) is 0 Å². The van der Waals surface area contributed by atoms with Gasteiger partial charge in [0.25, 0.3) is 0 Å². The molecule has 1 rings (SSSR count). The van der Waals surface area contributed by atoms with Gasteiger partial charge < -0.3 is 14.4 Å². The smallest absolute Gasteiger partial charge is 0.775 e. The molecule has 1 unspecified atom stereocenters. The second kappa shape index (κ2) is 5.78. The van der Waals surface area contributed by atoms with E-state index in [0.717, 1.165) is 0 Å². The van der Waals surface area contributed by atoms with Gasteiger partial charge in [0.2, 0.25) is 0 Å². The van der Waals surface area contributed by atoms with Crippen molar-refractivity contribution in [3.05, 3.63) is 29.8 Å². The molecular weight excluding hydrogens is 214 g/mol. The Kier molecular flexibility index (Phi) is 6.23. The van der Waals surface area contributed by atoms with E-state index < -0.39 is 7.60 Å². The number of benzene rings is 1. The van der Waals surface area contributed by atoms with Gasteiger partial charge in [-0.15, -0.1) is 0 Å². The monoisotopic (exact) mass is 224 g/mol. The van der Waals surface area contributed by atoms with Crippen molar-refractivity contribution in [1.82, 2.24) is 0 Å². The molecule has 0 aliphatic heterocycles. The predicted octanol–water partition coefficient (Wildman–Crippen LogP) is -2.58. The zero-order valence-electron chi connectivity index (χ0n) is 7.73. The van der Waals surface area contributed by atoms with E-state index in [9.17, 15) is 9.46 Å². The van der Waals surface area contributed by atoms with Crippen LogP contribution in [0.3, 0.4) is 0 Å². The summed E-state index contributed by atoms with van der Waals surface area (Å²) in [6, 6.07) is 6.44.